The van der Waals surface area contributed by atoms with Crippen molar-refractivity contribution in [1.82, 2.24) is 19.7 Å². The van der Waals surface area contributed by atoms with E-state index in [1.807, 2.05) is 0 Å². The Morgan fingerprint density at radius 3 is 2.82 bits per heavy atom. The molecule has 0 unspecified atom stereocenters. The van der Waals surface area contributed by atoms with Gasteiger partial charge in [0.2, 0.25) is 5.95 Å². The van der Waals surface area contributed by atoms with Crippen molar-refractivity contribution >= 4 is 23.8 Å². The van der Waals surface area contributed by atoms with E-state index in [1.54, 1.807) is 40.5 Å². The van der Waals surface area contributed by atoms with Gasteiger partial charge in [0.15, 0.2) is 0 Å². The van der Waals surface area contributed by atoms with Gasteiger partial charge in [0.05, 0.1) is 17.0 Å². The normalized spacial score (nSPS) is 17.4. The molecule has 1 amide bonds. The number of fused-ring (bicyclic) bond motifs is 1. The van der Waals surface area contributed by atoms with Gasteiger partial charge < -0.3 is 0 Å². The van der Waals surface area contributed by atoms with Crippen molar-refractivity contribution in [1.29, 1.82) is 0 Å². The smallest absolute Gasteiger partial charge is 0.264 e. The molecule has 0 aliphatic carbocycles. The van der Waals surface area contributed by atoms with E-state index in [2.05, 4.69) is 26.1 Å². The maximum atomic E-state index is 12.7. The molecule has 7 nitrogen and oxygen atoms in total. The van der Waals surface area contributed by atoms with E-state index >= 15 is 0 Å². The predicted molar refractivity (Wildman–Crippen MR) is 81.9 cm³/mol. The summed E-state index contributed by atoms with van der Waals surface area (Å²) in [6.45, 7) is 1.35. The number of aromatic nitrogens is 4. The molecule has 2 aromatic rings. The van der Waals surface area contributed by atoms with E-state index in [4.69, 9.17) is 0 Å². The molecule has 0 bridgehead atoms. The number of carbonyl (C=O) groups is 1. The third-order valence-corrected chi connectivity index (χ3v) is 3.73. The summed E-state index contributed by atoms with van der Waals surface area (Å²) in [4.78, 5) is 26.8. The van der Waals surface area contributed by atoms with E-state index in [-0.39, 0.29) is 5.91 Å². The number of nitrogens with zero attached hydrogens (tertiary/aromatic N) is 6. The highest BCUT2D eigenvalue weighted by Gasteiger charge is 2.30. The molecule has 2 aliphatic heterocycles. The minimum Gasteiger partial charge on any atom is -0.291 e. The van der Waals surface area contributed by atoms with Crippen molar-refractivity contribution in [2.24, 2.45) is 4.99 Å². The molecule has 0 saturated heterocycles. The average molecular weight is 294 g/mol. The van der Waals surface area contributed by atoms with Crippen molar-refractivity contribution in [3.8, 4) is 0 Å². The van der Waals surface area contributed by atoms with Gasteiger partial charge in [-0.1, -0.05) is 6.08 Å². The Bertz CT molecular complexity index is 777. The van der Waals surface area contributed by atoms with Gasteiger partial charge in [-0.15, -0.1) is 0 Å². The highest BCUT2D eigenvalue weighted by molar-refractivity contribution is 6.08. The number of hydrogen-bond donors (Lipinski definition) is 0. The van der Waals surface area contributed by atoms with Gasteiger partial charge in [0.1, 0.15) is 0 Å². The molecule has 0 atom stereocenters. The lowest BCUT2D eigenvalue weighted by Gasteiger charge is -2.23. The quantitative estimate of drug-likeness (QED) is 0.833. The highest BCUT2D eigenvalue weighted by Crippen LogP contribution is 2.22. The molecule has 110 valence electrons. The van der Waals surface area contributed by atoms with Gasteiger partial charge in [-0.25, -0.2) is 14.6 Å². The molecule has 2 aliphatic rings. The van der Waals surface area contributed by atoms with Crippen LogP contribution in [-0.4, -0.2) is 45.0 Å². The largest absolute Gasteiger partial charge is 0.291 e. The van der Waals surface area contributed by atoms with Crippen molar-refractivity contribution in [2.45, 2.75) is 12.8 Å². The zero-order chi connectivity index (χ0) is 14.9. The summed E-state index contributed by atoms with van der Waals surface area (Å²) in [6, 6.07) is 1.73. The Labute approximate surface area is 127 Å². The molecule has 2 aromatic heterocycles. The van der Waals surface area contributed by atoms with Gasteiger partial charge in [0, 0.05) is 44.3 Å². The van der Waals surface area contributed by atoms with Crippen LogP contribution in [0.15, 0.2) is 35.7 Å². The topological polar surface area (TPSA) is 76.3 Å². The SMILES string of the molecule is O=C1c2cn(C3=CCCN=C3)nc2CCN1c1ncccn1. The van der Waals surface area contributed by atoms with Crippen LogP contribution in [0.4, 0.5) is 5.95 Å². The third-order valence-electron chi connectivity index (χ3n) is 3.73. The summed E-state index contributed by atoms with van der Waals surface area (Å²) in [5.41, 5.74) is 2.34. The lowest BCUT2D eigenvalue weighted by molar-refractivity contribution is 0.0979. The number of dihydropyridines is 1. The van der Waals surface area contributed by atoms with Gasteiger partial charge in [0.25, 0.3) is 5.91 Å². The molecule has 4 rings (SSSR count). The highest BCUT2D eigenvalue weighted by atomic mass is 16.2. The van der Waals surface area contributed by atoms with Crippen LogP contribution in [0.25, 0.3) is 5.70 Å². The Kier molecular flexibility index (Phi) is 3.03. The van der Waals surface area contributed by atoms with Crippen LogP contribution < -0.4 is 4.90 Å². The van der Waals surface area contributed by atoms with Gasteiger partial charge >= 0.3 is 0 Å². The van der Waals surface area contributed by atoms with Crippen LogP contribution in [0.5, 0.6) is 0 Å². The van der Waals surface area contributed by atoms with Crippen LogP contribution in [0.2, 0.25) is 0 Å². The van der Waals surface area contributed by atoms with Crippen LogP contribution in [0.3, 0.4) is 0 Å². The summed E-state index contributed by atoms with van der Waals surface area (Å²) in [6.07, 6.45) is 10.5. The molecule has 4 heterocycles. The number of aliphatic imine (C=N–C) groups is 1. The van der Waals surface area contributed by atoms with Crippen molar-refractivity contribution in [2.75, 3.05) is 18.0 Å². The first-order valence-corrected chi connectivity index (χ1v) is 7.21. The molecule has 7 heteroatoms. The second-order valence-corrected chi connectivity index (χ2v) is 5.14. The minimum absolute atomic E-state index is 0.105. The van der Waals surface area contributed by atoms with Gasteiger partial charge in [-0.3, -0.25) is 14.7 Å². The van der Waals surface area contributed by atoms with Gasteiger partial charge in [-0.2, -0.15) is 5.10 Å². The fourth-order valence-electron chi connectivity index (χ4n) is 2.64. The van der Waals surface area contributed by atoms with Gasteiger partial charge in [-0.05, 0) is 12.5 Å². The average Bonchev–Trinajstić information content (AvgIpc) is 3.02. The monoisotopic (exact) mass is 294 g/mol. The fraction of sp³-hybridized carbons (Fsp3) is 0.267. The molecule has 0 saturated carbocycles. The van der Waals surface area contributed by atoms with E-state index in [9.17, 15) is 4.79 Å². The van der Waals surface area contributed by atoms with E-state index in [1.165, 1.54) is 0 Å². The van der Waals surface area contributed by atoms with Crippen LogP contribution in [-0.2, 0) is 6.42 Å². The lowest BCUT2D eigenvalue weighted by Crippen LogP contribution is -2.38. The molecule has 0 spiro atoms. The maximum Gasteiger partial charge on any atom is 0.264 e. The van der Waals surface area contributed by atoms with Crippen LogP contribution in [0, 0.1) is 0 Å². The molecule has 0 fully saturated rings. The molecule has 0 aromatic carbocycles. The Balaban J connectivity index is 1.68. The first kappa shape index (κ1) is 12.9. The Hall–Kier alpha value is -2.83. The second kappa shape index (κ2) is 5.18. The summed E-state index contributed by atoms with van der Waals surface area (Å²) >= 11 is 0. The fourth-order valence-corrected chi connectivity index (χ4v) is 2.64. The molecule has 0 radical (unpaired) electrons. The summed E-state index contributed by atoms with van der Waals surface area (Å²) in [5.74, 6) is 0.330. The number of hydrogen-bond acceptors (Lipinski definition) is 5. The summed E-state index contributed by atoms with van der Waals surface area (Å²) in [5, 5.41) is 4.52. The van der Waals surface area contributed by atoms with Crippen molar-refractivity contribution < 1.29 is 4.79 Å². The van der Waals surface area contributed by atoms with E-state index in [0.717, 1.165) is 24.4 Å². The van der Waals surface area contributed by atoms with E-state index in [0.29, 0.717) is 24.5 Å². The summed E-state index contributed by atoms with van der Waals surface area (Å²) in [7, 11) is 0. The maximum absolute atomic E-state index is 12.7. The molecule has 0 N–H and O–H groups in total. The van der Waals surface area contributed by atoms with E-state index < -0.39 is 0 Å². The Morgan fingerprint density at radius 2 is 2.05 bits per heavy atom. The number of allylic oxidation sites excluding steroid dienone is 1. The first-order chi connectivity index (χ1) is 10.8. The summed E-state index contributed by atoms with van der Waals surface area (Å²) < 4.78 is 1.74. The number of amides is 1. The molecule has 22 heavy (non-hydrogen) atoms. The first-order valence-electron chi connectivity index (χ1n) is 7.21. The van der Waals surface area contributed by atoms with Crippen LogP contribution >= 0.6 is 0 Å². The predicted octanol–water partition coefficient (Wildman–Crippen LogP) is 1.19. The number of rotatable bonds is 2. The Morgan fingerprint density at radius 1 is 1.18 bits per heavy atom. The number of carbonyl (C=O) groups excluding carboxylic acids is 1. The standard InChI is InChI=1S/C15H14N6O/c22-14-12-10-21(11-3-1-5-16-9-11)19-13(12)4-8-20(14)15-17-6-2-7-18-15/h2-3,6-7,9-10H,1,4-5,8H2. The molecular formula is C15H14N6O. The zero-order valence-corrected chi connectivity index (χ0v) is 11.9. The second-order valence-electron chi connectivity index (χ2n) is 5.14. The number of anilines is 1. The molecular weight excluding hydrogens is 280 g/mol. The van der Waals surface area contributed by atoms with Crippen LogP contribution in [0.1, 0.15) is 22.5 Å². The zero-order valence-electron chi connectivity index (χ0n) is 11.9. The van der Waals surface area contributed by atoms with Crippen molar-refractivity contribution in [3.05, 3.63) is 42.0 Å². The minimum atomic E-state index is -0.105. The van der Waals surface area contributed by atoms with Crippen molar-refractivity contribution in [3.63, 3.8) is 0 Å². The third kappa shape index (κ3) is 2.11. The lowest BCUT2D eigenvalue weighted by atomic mass is 10.1.